The van der Waals surface area contributed by atoms with Crippen LogP contribution in [0.25, 0.3) is 0 Å². The van der Waals surface area contributed by atoms with Crippen LogP contribution in [-0.2, 0) is 6.42 Å². The van der Waals surface area contributed by atoms with Crippen molar-refractivity contribution in [3.63, 3.8) is 0 Å². The van der Waals surface area contributed by atoms with Crippen molar-refractivity contribution in [2.45, 2.75) is 46.6 Å². The van der Waals surface area contributed by atoms with Gasteiger partial charge in [0.05, 0.1) is 7.11 Å². The van der Waals surface area contributed by atoms with Crippen LogP contribution in [0, 0.1) is 11.2 Å². The van der Waals surface area contributed by atoms with Crippen molar-refractivity contribution < 1.29 is 9.13 Å². The number of halogens is 1. The maximum atomic E-state index is 13.7. The second kappa shape index (κ2) is 6.90. The summed E-state index contributed by atoms with van der Waals surface area (Å²) in [5.74, 6) is 0.0260. The van der Waals surface area contributed by atoms with Crippen molar-refractivity contribution >= 4 is 0 Å². The van der Waals surface area contributed by atoms with Gasteiger partial charge in [0.15, 0.2) is 11.6 Å². The topological polar surface area (TPSA) is 21.3 Å². The van der Waals surface area contributed by atoms with Crippen LogP contribution in [0.1, 0.15) is 39.7 Å². The molecule has 3 heteroatoms. The number of benzene rings is 1. The predicted octanol–water partition coefficient (Wildman–Crippen LogP) is 3.79. The molecule has 0 bridgehead atoms. The Labute approximate surface area is 116 Å². The lowest BCUT2D eigenvalue weighted by Gasteiger charge is -2.28. The molecule has 0 aliphatic rings. The molecular formula is C16H26FNO. The van der Waals surface area contributed by atoms with Gasteiger partial charge in [0.1, 0.15) is 0 Å². The molecule has 1 N–H and O–H groups in total. The van der Waals surface area contributed by atoms with Gasteiger partial charge in [0.2, 0.25) is 0 Å². The molecule has 0 spiro atoms. The van der Waals surface area contributed by atoms with E-state index in [4.69, 9.17) is 4.74 Å². The second-order valence-electron chi connectivity index (χ2n) is 5.97. The Hall–Kier alpha value is -1.09. The highest BCUT2D eigenvalue weighted by Crippen LogP contribution is 2.29. The van der Waals surface area contributed by atoms with Gasteiger partial charge < -0.3 is 10.1 Å². The number of ether oxygens (including phenoxy) is 1. The van der Waals surface area contributed by atoms with Gasteiger partial charge in [-0.25, -0.2) is 4.39 Å². The standard InChI is InChI=1S/C16H26FNO/c1-6-18-12(2)10-16(3,4)11-13-7-8-15(19-5)14(17)9-13/h7-9,12,18H,6,10-11H2,1-5H3. The zero-order valence-electron chi connectivity index (χ0n) is 12.7. The molecule has 0 saturated carbocycles. The lowest BCUT2D eigenvalue weighted by Crippen LogP contribution is -2.32. The minimum absolute atomic E-state index is 0.141. The molecule has 108 valence electrons. The third-order valence-corrected chi connectivity index (χ3v) is 3.31. The highest BCUT2D eigenvalue weighted by atomic mass is 19.1. The summed E-state index contributed by atoms with van der Waals surface area (Å²) < 4.78 is 18.6. The molecule has 1 aromatic rings. The first-order valence-electron chi connectivity index (χ1n) is 6.93. The van der Waals surface area contributed by atoms with E-state index in [-0.39, 0.29) is 11.2 Å². The molecule has 0 aromatic heterocycles. The SMILES string of the molecule is CCNC(C)CC(C)(C)Cc1ccc(OC)c(F)c1. The first kappa shape index (κ1) is 16.0. The number of methoxy groups -OCH3 is 1. The minimum Gasteiger partial charge on any atom is -0.494 e. The summed E-state index contributed by atoms with van der Waals surface area (Å²) in [6, 6.07) is 5.71. The van der Waals surface area contributed by atoms with E-state index in [1.807, 2.05) is 6.07 Å². The molecule has 0 aliphatic carbocycles. The minimum atomic E-state index is -0.282. The normalized spacial score (nSPS) is 13.4. The van der Waals surface area contributed by atoms with Crippen molar-refractivity contribution in [3.8, 4) is 5.75 Å². The summed E-state index contributed by atoms with van der Waals surface area (Å²) in [6.07, 6.45) is 1.93. The summed E-state index contributed by atoms with van der Waals surface area (Å²) in [5, 5.41) is 3.42. The van der Waals surface area contributed by atoms with Gasteiger partial charge in [-0.05, 0) is 49.4 Å². The van der Waals surface area contributed by atoms with Crippen LogP contribution in [-0.4, -0.2) is 19.7 Å². The average Bonchev–Trinajstić information content (AvgIpc) is 2.27. The number of rotatable bonds is 7. The van der Waals surface area contributed by atoms with E-state index in [0.29, 0.717) is 11.8 Å². The van der Waals surface area contributed by atoms with Crippen LogP contribution >= 0.6 is 0 Å². The van der Waals surface area contributed by atoms with Gasteiger partial charge in [-0.2, -0.15) is 0 Å². The molecule has 1 unspecified atom stereocenters. The average molecular weight is 267 g/mol. The molecule has 1 aromatic carbocycles. The molecule has 0 saturated heterocycles. The maximum Gasteiger partial charge on any atom is 0.165 e. The molecule has 0 heterocycles. The molecule has 0 aliphatic heterocycles. The quantitative estimate of drug-likeness (QED) is 0.811. The van der Waals surface area contributed by atoms with Gasteiger partial charge in [-0.15, -0.1) is 0 Å². The molecule has 19 heavy (non-hydrogen) atoms. The van der Waals surface area contributed by atoms with E-state index in [9.17, 15) is 4.39 Å². The van der Waals surface area contributed by atoms with Crippen LogP contribution in [0.15, 0.2) is 18.2 Å². The zero-order valence-corrected chi connectivity index (χ0v) is 12.7. The van der Waals surface area contributed by atoms with Crippen LogP contribution in [0.2, 0.25) is 0 Å². The first-order valence-corrected chi connectivity index (χ1v) is 6.93. The summed E-state index contributed by atoms with van der Waals surface area (Å²) >= 11 is 0. The fourth-order valence-corrected chi connectivity index (χ4v) is 2.69. The van der Waals surface area contributed by atoms with Crippen LogP contribution in [0.5, 0.6) is 5.75 Å². The fourth-order valence-electron chi connectivity index (χ4n) is 2.69. The van der Waals surface area contributed by atoms with Gasteiger partial charge >= 0.3 is 0 Å². The highest BCUT2D eigenvalue weighted by molar-refractivity contribution is 5.29. The predicted molar refractivity (Wildman–Crippen MR) is 78.2 cm³/mol. The Bertz CT molecular complexity index is 404. The molecule has 1 rings (SSSR count). The van der Waals surface area contributed by atoms with E-state index in [2.05, 4.69) is 33.0 Å². The second-order valence-corrected chi connectivity index (χ2v) is 5.97. The monoisotopic (exact) mass is 267 g/mol. The van der Waals surface area contributed by atoms with Gasteiger partial charge in [-0.3, -0.25) is 0 Å². The van der Waals surface area contributed by atoms with Gasteiger partial charge in [-0.1, -0.05) is 26.8 Å². The largest absolute Gasteiger partial charge is 0.494 e. The van der Waals surface area contributed by atoms with Gasteiger partial charge in [0, 0.05) is 6.04 Å². The zero-order chi connectivity index (χ0) is 14.5. The van der Waals surface area contributed by atoms with Crippen molar-refractivity contribution in [1.82, 2.24) is 5.32 Å². The maximum absolute atomic E-state index is 13.7. The van der Waals surface area contributed by atoms with E-state index >= 15 is 0 Å². The number of nitrogens with one attached hydrogen (secondary N) is 1. The number of hydrogen-bond acceptors (Lipinski definition) is 2. The summed E-state index contributed by atoms with van der Waals surface area (Å²) in [4.78, 5) is 0. The van der Waals surface area contributed by atoms with Crippen LogP contribution in [0.3, 0.4) is 0 Å². The Morgan fingerprint density at radius 1 is 1.37 bits per heavy atom. The van der Waals surface area contributed by atoms with Crippen molar-refractivity contribution in [3.05, 3.63) is 29.6 Å². The van der Waals surface area contributed by atoms with Crippen molar-refractivity contribution in [2.75, 3.05) is 13.7 Å². The highest BCUT2D eigenvalue weighted by Gasteiger charge is 2.21. The van der Waals surface area contributed by atoms with Crippen LogP contribution < -0.4 is 10.1 Å². The fraction of sp³-hybridized carbons (Fsp3) is 0.625. The Morgan fingerprint density at radius 3 is 2.58 bits per heavy atom. The molecule has 0 fully saturated rings. The molecule has 2 nitrogen and oxygen atoms in total. The van der Waals surface area contributed by atoms with Crippen molar-refractivity contribution in [1.29, 1.82) is 0 Å². The van der Waals surface area contributed by atoms with Crippen molar-refractivity contribution in [2.24, 2.45) is 5.41 Å². The lowest BCUT2D eigenvalue weighted by atomic mass is 9.80. The Balaban J connectivity index is 2.69. The molecular weight excluding hydrogens is 241 g/mol. The summed E-state index contributed by atoms with van der Waals surface area (Å²) in [6.45, 7) is 9.74. The first-order chi connectivity index (χ1) is 8.88. The van der Waals surface area contributed by atoms with Crippen LogP contribution in [0.4, 0.5) is 4.39 Å². The van der Waals surface area contributed by atoms with E-state index in [0.717, 1.165) is 24.9 Å². The third-order valence-electron chi connectivity index (χ3n) is 3.31. The van der Waals surface area contributed by atoms with E-state index in [1.54, 1.807) is 12.1 Å². The third kappa shape index (κ3) is 5.19. The number of hydrogen-bond donors (Lipinski definition) is 1. The Morgan fingerprint density at radius 2 is 2.05 bits per heavy atom. The molecule has 1 atom stereocenters. The molecule has 0 amide bonds. The summed E-state index contributed by atoms with van der Waals surface area (Å²) in [5.41, 5.74) is 1.16. The molecule has 0 radical (unpaired) electrons. The smallest absolute Gasteiger partial charge is 0.165 e. The van der Waals surface area contributed by atoms with Gasteiger partial charge in [0.25, 0.3) is 0 Å². The van der Waals surface area contributed by atoms with E-state index < -0.39 is 0 Å². The Kier molecular flexibility index (Phi) is 5.80. The lowest BCUT2D eigenvalue weighted by molar-refractivity contribution is 0.288. The van der Waals surface area contributed by atoms with E-state index in [1.165, 1.54) is 7.11 Å². The summed E-state index contributed by atoms with van der Waals surface area (Å²) in [7, 11) is 1.49.